The topological polar surface area (TPSA) is 58.3 Å². The van der Waals surface area contributed by atoms with Crippen LogP contribution in [-0.2, 0) is 0 Å². The average Bonchev–Trinajstić information content (AvgIpc) is 2.15. The zero-order valence-corrected chi connectivity index (χ0v) is 11.6. The highest BCUT2D eigenvalue weighted by Gasteiger charge is 2.24. The number of hydrogen-bond donors (Lipinski definition) is 3. The fraction of sp³-hybridized carbons (Fsp3) is 1.00. The monoisotopic (exact) mass is 230 g/mol. The molecule has 16 heavy (non-hydrogen) atoms. The Labute approximate surface area is 101 Å². The minimum absolute atomic E-state index is 0.179. The molecular formula is C13H30N2O. The summed E-state index contributed by atoms with van der Waals surface area (Å²) in [6.07, 6.45) is 0.804. The van der Waals surface area contributed by atoms with Gasteiger partial charge in [0, 0.05) is 12.6 Å². The summed E-state index contributed by atoms with van der Waals surface area (Å²) in [6, 6.07) is 0.352. The lowest BCUT2D eigenvalue weighted by atomic mass is 9.84. The molecule has 0 aromatic carbocycles. The van der Waals surface area contributed by atoms with E-state index in [1.54, 1.807) is 0 Å². The summed E-state index contributed by atoms with van der Waals surface area (Å²) < 4.78 is 0. The van der Waals surface area contributed by atoms with Crippen molar-refractivity contribution in [1.82, 2.24) is 5.32 Å². The van der Waals surface area contributed by atoms with Crippen LogP contribution in [-0.4, -0.2) is 30.8 Å². The van der Waals surface area contributed by atoms with Gasteiger partial charge >= 0.3 is 0 Å². The molecule has 0 amide bonds. The largest absolute Gasteiger partial charge is 0.396 e. The van der Waals surface area contributed by atoms with Crippen molar-refractivity contribution in [3.63, 3.8) is 0 Å². The van der Waals surface area contributed by atoms with Crippen LogP contribution in [0.3, 0.4) is 0 Å². The summed E-state index contributed by atoms with van der Waals surface area (Å²) in [6.45, 7) is 12.9. The zero-order valence-electron chi connectivity index (χ0n) is 11.6. The van der Waals surface area contributed by atoms with Gasteiger partial charge in [0.05, 0.1) is 0 Å². The molecule has 2 unspecified atom stereocenters. The van der Waals surface area contributed by atoms with Gasteiger partial charge in [0.2, 0.25) is 0 Å². The van der Waals surface area contributed by atoms with E-state index in [1.807, 2.05) is 0 Å². The molecule has 0 aromatic heterocycles. The van der Waals surface area contributed by atoms with Gasteiger partial charge in [-0.1, -0.05) is 34.6 Å². The smallest absolute Gasteiger partial charge is 0.0446 e. The van der Waals surface area contributed by atoms with Crippen LogP contribution in [0.25, 0.3) is 0 Å². The fourth-order valence-electron chi connectivity index (χ4n) is 1.86. The summed E-state index contributed by atoms with van der Waals surface area (Å²) in [7, 11) is 0. The lowest BCUT2D eigenvalue weighted by Crippen LogP contribution is -2.45. The first kappa shape index (κ1) is 15.9. The number of nitrogens with two attached hydrogens (primary N) is 1. The van der Waals surface area contributed by atoms with Gasteiger partial charge in [-0.25, -0.2) is 0 Å². The average molecular weight is 230 g/mol. The quantitative estimate of drug-likeness (QED) is 0.623. The Balaban J connectivity index is 4.20. The lowest BCUT2D eigenvalue weighted by molar-refractivity contribution is 0.187. The Bertz CT molecular complexity index is 175. The zero-order chi connectivity index (χ0) is 12.8. The van der Waals surface area contributed by atoms with Gasteiger partial charge in [0.1, 0.15) is 0 Å². The summed E-state index contributed by atoms with van der Waals surface area (Å²) >= 11 is 0. The van der Waals surface area contributed by atoms with E-state index in [-0.39, 0.29) is 12.0 Å². The Kier molecular flexibility index (Phi) is 7.20. The molecule has 0 aliphatic rings. The SMILES string of the molecule is CC(C)C(CN)CNC(CCO)C(C)(C)C. The maximum absolute atomic E-state index is 9.07. The van der Waals surface area contributed by atoms with Crippen LogP contribution < -0.4 is 11.1 Å². The second-order valence-corrected chi connectivity index (χ2v) is 6.08. The minimum Gasteiger partial charge on any atom is -0.396 e. The second kappa shape index (κ2) is 7.25. The van der Waals surface area contributed by atoms with Crippen LogP contribution in [0.4, 0.5) is 0 Å². The van der Waals surface area contributed by atoms with Crippen molar-refractivity contribution in [2.45, 2.75) is 47.1 Å². The van der Waals surface area contributed by atoms with Gasteiger partial charge in [-0.2, -0.15) is 0 Å². The maximum atomic E-state index is 9.07. The van der Waals surface area contributed by atoms with Crippen LogP contribution in [0.1, 0.15) is 41.0 Å². The standard InChI is InChI=1S/C13H30N2O/c1-10(2)11(8-14)9-15-12(6-7-16)13(3,4)5/h10-12,15-16H,6-9,14H2,1-5H3. The minimum atomic E-state index is 0.179. The molecule has 0 spiro atoms. The number of aliphatic hydroxyl groups is 1. The van der Waals surface area contributed by atoms with Crippen LogP contribution >= 0.6 is 0 Å². The summed E-state index contributed by atoms with van der Waals surface area (Å²) in [5, 5.41) is 12.6. The van der Waals surface area contributed by atoms with E-state index in [0.29, 0.717) is 17.9 Å². The summed E-state index contributed by atoms with van der Waals surface area (Å²) in [4.78, 5) is 0. The van der Waals surface area contributed by atoms with E-state index in [1.165, 1.54) is 0 Å². The Hall–Kier alpha value is -0.120. The van der Waals surface area contributed by atoms with Gasteiger partial charge < -0.3 is 16.2 Å². The number of hydrogen-bond acceptors (Lipinski definition) is 3. The molecule has 0 saturated heterocycles. The third-order valence-corrected chi connectivity index (χ3v) is 3.34. The first-order valence-corrected chi connectivity index (χ1v) is 6.37. The van der Waals surface area contributed by atoms with Crippen molar-refractivity contribution in [2.24, 2.45) is 23.0 Å². The molecule has 0 rings (SSSR count). The third-order valence-electron chi connectivity index (χ3n) is 3.34. The van der Waals surface area contributed by atoms with Crippen LogP contribution in [0, 0.1) is 17.3 Å². The van der Waals surface area contributed by atoms with Gasteiger partial charge in [0.25, 0.3) is 0 Å². The molecule has 0 aliphatic heterocycles. The molecular weight excluding hydrogens is 200 g/mol. The molecule has 98 valence electrons. The van der Waals surface area contributed by atoms with E-state index >= 15 is 0 Å². The summed E-state index contributed by atoms with van der Waals surface area (Å²) in [5.41, 5.74) is 5.93. The van der Waals surface area contributed by atoms with Gasteiger partial charge in [0.15, 0.2) is 0 Å². The number of aliphatic hydroxyl groups excluding tert-OH is 1. The van der Waals surface area contributed by atoms with Gasteiger partial charge in [-0.3, -0.25) is 0 Å². The number of rotatable bonds is 7. The van der Waals surface area contributed by atoms with Crippen molar-refractivity contribution in [3.8, 4) is 0 Å². The molecule has 3 heteroatoms. The van der Waals surface area contributed by atoms with Crippen molar-refractivity contribution in [1.29, 1.82) is 0 Å². The molecule has 0 radical (unpaired) electrons. The predicted molar refractivity (Wildman–Crippen MR) is 70.3 cm³/mol. The lowest BCUT2D eigenvalue weighted by Gasteiger charge is -2.33. The highest BCUT2D eigenvalue weighted by molar-refractivity contribution is 4.81. The van der Waals surface area contributed by atoms with E-state index in [4.69, 9.17) is 10.8 Å². The second-order valence-electron chi connectivity index (χ2n) is 6.08. The first-order chi connectivity index (χ1) is 7.32. The molecule has 0 heterocycles. The Morgan fingerprint density at radius 2 is 1.81 bits per heavy atom. The van der Waals surface area contributed by atoms with Gasteiger partial charge in [-0.05, 0) is 36.8 Å². The normalized spacial score (nSPS) is 16.5. The predicted octanol–water partition coefficient (Wildman–Crippen LogP) is 1.60. The van der Waals surface area contributed by atoms with E-state index < -0.39 is 0 Å². The Morgan fingerprint density at radius 1 is 1.25 bits per heavy atom. The molecule has 0 bridgehead atoms. The van der Waals surface area contributed by atoms with Crippen LogP contribution in [0.5, 0.6) is 0 Å². The summed E-state index contributed by atoms with van der Waals surface area (Å²) in [5.74, 6) is 1.12. The molecule has 0 saturated carbocycles. The van der Waals surface area contributed by atoms with Crippen molar-refractivity contribution in [2.75, 3.05) is 19.7 Å². The third kappa shape index (κ3) is 5.83. The van der Waals surface area contributed by atoms with E-state index in [2.05, 4.69) is 39.9 Å². The molecule has 0 fully saturated rings. The van der Waals surface area contributed by atoms with E-state index in [0.717, 1.165) is 19.5 Å². The first-order valence-electron chi connectivity index (χ1n) is 6.37. The number of nitrogens with one attached hydrogen (secondary N) is 1. The maximum Gasteiger partial charge on any atom is 0.0446 e. The van der Waals surface area contributed by atoms with Crippen molar-refractivity contribution in [3.05, 3.63) is 0 Å². The van der Waals surface area contributed by atoms with Crippen molar-refractivity contribution < 1.29 is 5.11 Å². The highest BCUT2D eigenvalue weighted by atomic mass is 16.3. The highest BCUT2D eigenvalue weighted by Crippen LogP contribution is 2.22. The fourth-order valence-corrected chi connectivity index (χ4v) is 1.86. The molecule has 0 aromatic rings. The van der Waals surface area contributed by atoms with Crippen LogP contribution in [0.15, 0.2) is 0 Å². The van der Waals surface area contributed by atoms with Gasteiger partial charge in [-0.15, -0.1) is 0 Å². The van der Waals surface area contributed by atoms with Crippen LogP contribution in [0.2, 0.25) is 0 Å². The molecule has 3 nitrogen and oxygen atoms in total. The van der Waals surface area contributed by atoms with E-state index in [9.17, 15) is 0 Å². The Morgan fingerprint density at radius 3 is 2.12 bits per heavy atom. The molecule has 4 N–H and O–H groups in total. The molecule has 2 atom stereocenters. The van der Waals surface area contributed by atoms with Crippen molar-refractivity contribution >= 4 is 0 Å². The molecule has 0 aliphatic carbocycles.